The molecule has 0 radical (unpaired) electrons. The van der Waals surface area contributed by atoms with E-state index in [9.17, 15) is 5.11 Å². The van der Waals surface area contributed by atoms with Gasteiger partial charge in [-0.05, 0) is 111 Å². The van der Waals surface area contributed by atoms with Gasteiger partial charge in [-0.2, -0.15) is 0 Å². The van der Waals surface area contributed by atoms with Crippen molar-refractivity contribution in [2.45, 2.75) is 77.7 Å². The molecule has 0 bridgehead atoms. The molecule has 0 saturated heterocycles. The molecule has 1 aromatic carbocycles. The first kappa shape index (κ1) is 18.0. The normalized spacial score (nSPS) is 46.2. The number of allylic oxidation sites excluding steroid dienone is 2. The first-order valence-corrected chi connectivity index (χ1v) is 11.4. The zero-order valence-electron chi connectivity index (χ0n) is 17.4. The maximum absolute atomic E-state index is 10.6. The smallest absolute Gasteiger partial charge is 0.0622 e. The number of aryl methyl sites for hydroxylation is 1. The standard InChI is InChI=1S/C26H36O/c1-17-4-6-18(7-5-17)23-10-11-24-22-9-8-19-16-25(2,27)14-12-20(19)21(22)13-15-26(23,24)3/h4-7,10,19-22,24,27H,8-9,11-16H2,1-3H3/t19-,20+,21-,22-,24+,25-,26-/m1/s1. The second kappa shape index (κ2) is 6.21. The first-order chi connectivity index (χ1) is 12.9. The topological polar surface area (TPSA) is 20.2 Å². The van der Waals surface area contributed by atoms with Crippen LogP contribution in [0.2, 0.25) is 0 Å². The Hall–Kier alpha value is -1.08. The van der Waals surface area contributed by atoms with Crippen LogP contribution in [-0.4, -0.2) is 10.7 Å². The molecule has 4 aliphatic carbocycles. The minimum Gasteiger partial charge on any atom is -0.390 e. The number of hydrogen-bond donors (Lipinski definition) is 1. The summed E-state index contributed by atoms with van der Waals surface area (Å²) in [5.41, 5.74) is 4.44. The third-order valence-electron chi connectivity index (χ3n) is 9.18. The van der Waals surface area contributed by atoms with E-state index in [1.165, 1.54) is 49.7 Å². The van der Waals surface area contributed by atoms with Gasteiger partial charge in [0.15, 0.2) is 0 Å². The summed E-state index contributed by atoms with van der Waals surface area (Å²) in [5.74, 6) is 4.34. The van der Waals surface area contributed by atoms with Crippen molar-refractivity contribution < 1.29 is 5.11 Å². The lowest BCUT2D eigenvalue weighted by Gasteiger charge is -2.56. The Morgan fingerprint density at radius 2 is 1.63 bits per heavy atom. The molecule has 27 heavy (non-hydrogen) atoms. The van der Waals surface area contributed by atoms with Crippen molar-refractivity contribution in [1.82, 2.24) is 0 Å². The minimum atomic E-state index is -0.398. The summed E-state index contributed by atoms with van der Waals surface area (Å²) < 4.78 is 0. The number of rotatable bonds is 1. The fraction of sp³-hybridized carbons (Fsp3) is 0.692. The molecule has 146 valence electrons. The zero-order valence-corrected chi connectivity index (χ0v) is 17.4. The summed E-state index contributed by atoms with van der Waals surface area (Å²) in [6.07, 6.45) is 12.7. The maximum Gasteiger partial charge on any atom is 0.0622 e. The summed E-state index contributed by atoms with van der Waals surface area (Å²) in [7, 11) is 0. The van der Waals surface area contributed by atoms with E-state index in [4.69, 9.17) is 0 Å². The van der Waals surface area contributed by atoms with Crippen molar-refractivity contribution in [3.05, 3.63) is 41.5 Å². The molecule has 4 aliphatic rings. The van der Waals surface area contributed by atoms with Gasteiger partial charge in [0, 0.05) is 0 Å². The third-order valence-corrected chi connectivity index (χ3v) is 9.18. The van der Waals surface area contributed by atoms with Crippen molar-refractivity contribution in [2.24, 2.45) is 35.0 Å². The molecule has 0 aliphatic heterocycles. The van der Waals surface area contributed by atoms with E-state index >= 15 is 0 Å². The molecular formula is C26H36O. The molecule has 0 unspecified atom stereocenters. The summed E-state index contributed by atoms with van der Waals surface area (Å²) in [5, 5.41) is 10.6. The van der Waals surface area contributed by atoms with Gasteiger partial charge < -0.3 is 5.11 Å². The van der Waals surface area contributed by atoms with Gasteiger partial charge in [-0.1, -0.05) is 42.8 Å². The summed E-state index contributed by atoms with van der Waals surface area (Å²) >= 11 is 0. The van der Waals surface area contributed by atoms with Crippen LogP contribution >= 0.6 is 0 Å². The molecule has 0 amide bonds. The Bertz CT molecular complexity index is 742. The molecule has 0 aromatic heterocycles. The fourth-order valence-corrected chi connectivity index (χ4v) is 7.83. The number of hydrogen-bond acceptors (Lipinski definition) is 1. The monoisotopic (exact) mass is 364 g/mol. The van der Waals surface area contributed by atoms with Gasteiger partial charge in [-0.15, -0.1) is 0 Å². The molecule has 3 saturated carbocycles. The Balaban J connectivity index is 1.39. The third kappa shape index (κ3) is 2.84. The van der Waals surface area contributed by atoms with Crippen LogP contribution in [0.4, 0.5) is 0 Å². The zero-order chi connectivity index (χ0) is 18.8. The molecular weight excluding hydrogens is 328 g/mol. The highest BCUT2D eigenvalue weighted by Crippen LogP contribution is 2.64. The molecule has 0 spiro atoms. The van der Waals surface area contributed by atoms with Gasteiger partial charge in [0.2, 0.25) is 0 Å². The number of benzene rings is 1. The lowest BCUT2D eigenvalue weighted by molar-refractivity contribution is -0.0886. The second-order valence-corrected chi connectivity index (χ2v) is 10.9. The van der Waals surface area contributed by atoms with Gasteiger partial charge >= 0.3 is 0 Å². The van der Waals surface area contributed by atoms with Gasteiger partial charge in [0.25, 0.3) is 0 Å². The number of aliphatic hydroxyl groups is 1. The number of fused-ring (bicyclic) bond motifs is 5. The summed E-state index contributed by atoms with van der Waals surface area (Å²) in [6, 6.07) is 9.25. The summed E-state index contributed by atoms with van der Waals surface area (Å²) in [4.78, 5) is 0. The van der Waals surface area contributed by atoms with E-state index in [0.717, 1.165) is 42.4 Å². The van der Waals surface area contributed by atoms with Crippen LogP contribution in [0.25, 0.3) is 5.57 Å². The van der Waals surface area contributed by atoms with E-state index in [1.807, 2.05) is 0 Å². The van der Waals surface area contributed by atoms with Crippen molar-refractivity contribution in [3.8, 4) is 0 Å². The van der Waals surface area contributed by atoms with E-state index < -0.39 is 5.60 Å². The first-order valence-electron chi connectivity index (χ1n) is 11.4. The van der Waals surface area contributed by atoms with Crippen LogP contribution in [0.15, 0.2) is 30.3 Å². The largest absolute Gasteiger partial charge is 0.390 e. The van der Waals surface area contributed by atoms with E-state index in [2.05, 4.69) is 51.1 Å². The Labute approximate surface area is 165 Å². The van der Waals surface area contributed by atoms with Crippen LogP contribution < -0.4 is 0 Å². The SMILES string of the molecule is Cc1ccc(C2=CC[C@H]3[C@@H]4CC[C@@H]5C[C@](C)(O)CC[C@@H]5[C@H]4CC[C@]23C)cc1. The lowest BCUT2D eigenvalue weighted by atomic mass is 9.49. The average Bonchev–Trinajstić information content (AvgIpc) is 2.98. The highest BCUT2D eigenvalue weighted by Gasteiger charge is 2.55. The van der Waals surface area contributed by atoms with Crippen molar-refractivity contribution >= 4 is 5.57 Å². The highest BCUT2D eigenvalue weighted by atomic mass is 16.3. The average molecular weight is 365 g/mol. The van der Waals surface area contributed by atoms with Crippen molar-refractivity contribution in [2.75, 3.05) is 0 Å². The molecule has 0 heterocycles. The van der Waals surface area contributed by atoms with Crippen LogP contribution in [0.1, 0.15) is 76.3 Å². The molecule has 1 aromatic rings. The lowest BCUT2D eigenvalue weighted by Crippen LogP contribution is -2.49. The van der Waals surface area contributed by atoms with E-state index in [1.54, 1.807) is 5.57 Å². The molecule has 7 atom stereocenters. The molecule has 1 N–H and O–H groups in total. The van der Waals surface area contributed by atoms with E-state index in [0.29, 0.717) is 5.41 Å². The van der Waals surface area contributed by atoms with Crippen LogP contribution in [0, 0.1) is 41.9 Å². The quantitative estimate of drug-likeness (QED) is 0.612. The van der Waals surface area contributed by atoms with Crippen molar-refractivity contribution in [3.63, 3.8) is 0 Å². The van der Waals surface area contributed by atoms with Gasteiger partial charge in [-0.25, -0.2) is 0 Å². The van der Waals surface area contributed by atoms with Crippen LogP contribution in [-0.2, 0) is 0 Å². The Morgan fingerprint density at radius 3 is 2.41 bits per heavy atom. The molecule has 1 nitrogen and oxygen atoms in total. The highest BCUT2D eigenvalue weighted by molar-refractivity contribution is 5.73. The van der Waals surface area contributed by atoms with Crippen molar-refractivity contribution in [1.29, 1.82) is 0 Å². The molecule has 5 rings (SSSR count). The predicted octanol–water partition coefficient (Wildman–Crippen LogP) is 6.39. The molecule has 1 heteroatoms. The van der Waals surface area contributed by atoms with Gasteiger partial charge in [-0.3, -0.25) is 0 Å². The fourth-order valence-electron chi connectivity index (χ4n) is 7.83. The minimum absolute atomic E-state index is 0.378. The van der Waals surface area contributed by atoms with Crippen LogP contribution in [0.3, 0.4) is 0 Å². The maximum atomic E-state index is 10.6. The van der Waals surface area contributed by atoms with Gasteiger partial charge in [0.05, 0.1) is 5.60 Å². The Morgan fingerprint density at radius 1 is 0.889 bits per heavy atom. The summed E-state index contributed by atoms with van der Waals surface area (Å²) in [6.45, 7) is 6.83. The second-order valence-electron chi connectivity index (χ2n) is 10.9. The molecule has 3 fully saturated rings. The van der Waals surface area contributed by atoms with E-state index in [-0.39, 0.29) is 0 Å². The Kier molecular flexibility index (Phi) is 4.14. The predicted molar refractivity (Wildman–Crippen MR) is 112 cm³/mol. The van der Waals surface area contributed by atoms with Gasteiger partial charge in [0.1, 0.15) is 0 Å². The van der Waals surface area contributed by atoms with Crippen LogP contribution in [0.5, 0.6) is 0 Å².